The summed E-state index contributed by atoms with van der Waals surface area (Å²) in [6.45, 7) is 0.184. The smallest absolute Gasteiger partial charge is 0.337 e. The van der Waals surface area contributed by atoms with Crippen LogP contribution in [-0.4, -0.2) is 30.5 Å². The summed E-state index contributed by atoms with van der Waals surface area (Å²) < 4.78 is 9.71. The van der Waals surface area contributed by atoms with Gasteiger partial charge in [0.2, 0.25) is 0 Å². The number of carbonyl (C=O) groups excluding carboxylic acids is 2. The third-order valence-electron chi connectivity index (χ3n) is 3.25. The van der Waals surface area contributed by atoms with Crippen LogP contribution in [0.5, 0.6) is 5.75 Å². The lowest BCUT2D eigenvalue weighted by molar-refractivity contribution is -0.384. The molecule has 0 radical (unpaired) electrons. The van der Waals surface area contributed by atoms with E-state index < -0.39 is 16.9 Å². The lowest BCUT2D eigenvalue weighted by Crippen LogP contribution is -2.14. The third-order valence-corrected chi connectivity index (χ3v) is 3.25. The summed E-state index contributed by atoms with van der Waals surface area (Å²) in [5.41, 5.74) is 0.623. The molecule has 0 saturated carbocycles. The van der Waals surface area contributed by atoms with Crippen LogP contribution in [0.3, 0.4) is 0 Å². The van der Waals surface area contributed by atoms with Crippen molar-refractivity contribution in [2.45, 2.75) is 6.42 Å². The zero-order valence-electron chi connectivity index (χ0n) is 13.4. The number of benzene rings is 2. The van der Waals surface area contributed by atoms with Gasteiger partial charge in [0.25, 0.3) is 5.69 Å². The van der Waals surface area contributed by atoms with Gasteiger partial charge in [-0.1, -0.05) is 12.1 Å². The number of ether oxygens (including phenoxy) is 2. The second kappa shape index (κ2) is 8.44. The Labute approximate surface area is 143 Å². The molecule has 8 heteroatoms. The molecule has 2 rings (SSSR count). The number of anilines is 1. The summed E-state index contributed by atoms with van der Waals surface area (Å²) in [4.78, 5) is 33.5. The first-order valence-electron chi connectivity index (χ1n) is 7.37. The fraction of sp³-hybridized carbons (Fsp3) is 0.176. The van der Waals surface area contributed by atoms with Crippen molar-refractivity contribution >= 4 is 23.3 Å². The highest BCUT2D eigenvalue weighted by Gasteiger charge is 2.13. The van der Waals surface area contributed by atoms with Gasteiger partial charge >= 0.3 is 11.9 Å². The van der Waals surface area contributed by atoms with E-state index in [1.165, 1.54) is 37.4 Å². The van der Waals surface area contributed by atoms with E-state index in [-0.39, 0.29) is 18.7 Å². The van der Waals surface area contributed by atoms with Crippen LogP contribution in [0.4, 0.5) is 11.4 Å². The normalized spacial score (nSPS) is 9.96. The molecule has 0 bridgehead atoms. The largest absolute Gasteiger partial charge is 0.465 e. The van der Waals surface area contributed by atoms with Gasteiger partial charge in [-0.05, 0) is 30.3 Å². The molecule has 0 unspecified atom stereocenters. The summed E-state index contributed by atoms with van der Waals surface area (Å²) in [7, 11) is 1.28. The lowest BCUT2D eigenvalue weighted by Gasteiger charge is -2.07. The first-order chi connectivity index (χ1) is 12.0. The quantitative estimate of drug-likeness (QED) is 0.356. The highest BCUT2D eigenvalue weighted by Crippen LogP contribution is 2.23. The number of nitrogens with zero attached hydrogens (tertiary/aromatic N) is 1. The zero-order chi connectivity index (χ0) is 18.2. The van der Waals surface area contributed by atoms with Crippen molar-refractivity contribution in [3.63, 3.8) is 0 Å². The molecule has 0 saturated heterocycles. The lowest BCUT2D eigenvalue weighted by atomic mass is 10.2. The minimum atomic E-state index is -0.503. The highest BCUT2D eigenvalue weighted by molar-refractivity contribution is 5.89. The Bertz CT molecular complexity index is 773. The van der Waals surface area contributed by atoms with E-state index in [2.05, 4.69) is 10.1 Å². The van der Waals surface area contributed by atoms with Gasteiger partial charge in [0.1, 0.15) is 11.4 Å². The molecule has 0 spiro atoms. The topological polar surface area (TPSA) is 108 Å². The van der Waals surface area contributed by atoms with Crippen molar-refractivity contribution in [2.24, 2.45) is 0 Å². The van der Waals surface area contributed by atoms with Gasteiger partial charge in [0.05, 0.1) is 24.0 Å². The van der Waals surface area contributed by atoms with Gasteiger partial charge in [0.15, 0.2) is 0 Å². The van der Waals surface area contributed by atoms with Crippen LogP contribution in [0.1, 0.15) is 16.8 Å². The number of rotatable bonds is 7. The Hall–Kier alpha value is -3.42. The van der Waals surface area contributed by atoms with E-state index in [0.29, 0.717) is 17.0 Å². The van der Waals surface area contributed by atoms with Crippen LogP contribution in [-0.2, 0) is 9.53 Å². The van der Waals surface area contributed by atoms with Gasteiger partial charge < -0.3 is 14.8 Å². The third kappa shape index (κ3) is 5.03. The van der Waals surface area contributed by atoms with Gasteiger partial charge in [-0.25, -0.2) is 4.79 Å². The monoisotopic (exact) mass is 344 g/mol. The predicted octanol–water partition coefficient (Wildman–Crippen LogP) is 2.79. The number of nitro groups is 1. The van der Waals surface area contributed by atoms with E-state index in [4.69, 9.17) is 4.74 Å². The molecule has 1 N–H and O–H groups in total. The van der Waals surface area contributed by atoms with Crippen molar-refractivity contribution in [1.29, 1.82) is 0 Å². The average Bonchev–Trinajstić information content (AvgIpc) is 2.62. The van der Waals surface area contributed by atoms with Crippen LogP contribution >= 0.6 is 0 Å². The van der Waals surface area contributed by atoms with E-state index in [9.17, 15) is 19.7 Å². The molecule has 8 nitrogen and oxygen atoms in total. The number of methoxy groups -OCH3 is 1. The number of para-hydroxylation sites is 2. The Morgan fingerprint density at radius 1 is 1.12 bits per heavy atom. The van der Waals surface area contributed by atoms with Crippen LogP contribution in [0.2, 0.25) is 0 Å². The maximum Gasteiger partial charge on any atom is 0.337 e. The molecule has 0 aliphatic rings. The average molecular weight is 344 g/mol. The minimum absolute atomic E-state index is 0.0187. The first kappa shape index (κ1) is 17.9. The van der Waals surface area contributed by atoms with Crippen molar-refractivity contribution in [3.05, 3.63) is 64.2 Å². The van der Waals surface area contributed by atoms with E-state index >= 15 is 0 Å². The summed E-state index contributed by atoms with van der Waals surface area (Å²) in [5, 5.41) is 13.7. The Balaban J connectivity index is 1.85. The Kier molecular flexibility index (Phi) is 6.05. The summed E-state index contributed by atoms with van der Waals surface area (Å²) >= 11 is 0. The second-order valence-electron chi connectivity index (χ2n) is 4.94. The maximum atomic E-state index is 11.8. The number of nitrogens with one attached hydrogen (secondary N) is 1. The Morgan fingerprint density at radius 2 is 1.80 bits per heavy atom. The SMILES string of the molecule is COC(=O)c1ccc(OC(=O)CCNc2ccccc2[N+](=O)[O-])cc1. The zero-order valence-corrected chi connectivity index (χ0v) is 13.4. The molecule has 2 aromatic rings. The molecule has 130 valence electrons. The van der Waals surface area contributed by atoms with Crippen molar-refractivity contribution in [3.8, 4) is 5.75 Å². The van der Waals surface area contributed by atoms with E-state index in [0.717, 1.165) is 0 Å². The highest BCUT2D eigenvalue weighted by atomic mass is 16.6. The molecule has 0 aliphatic heterocycles. The summed E-state index contributed by atoms with van der Waals surface area (Å²) in [5.74, 6) is -0.688. The number of hydrogen-bond donors (Lipinski definition) is 1. The molecule has 0 aliphatic carbocycles. The van der Waals surface area contributed by atoms with Crippen LogP contribution in [0.15, 0.2) is 48.5 Å². The molecular weight excluding hydrogens is 328 g/mol. The van der Waals surface area contributed by atoms with Crippen LogP contribution < -0.4 is 10.1 Å². The molecule has 0 aromatic heterocycles. The fourth-order valence-electron chi connectivity index (χ4n) is 2.04. The van der Waals surface area contributed by atoms with Gasteiger partial charge in [-0.3, -0.25) is 14.9 Å². The fourth-order valence-corrected chi connectivity index (χ4v) is 2.04. The van der Waals surface area contributed by atoms with E-state index in [1.54, 1.807) is 18.2 Å². The molecular formula is C17H16N2O6. The van der Waals surface area contributed by atoms with Crippen molar-refractivity contribution in [1.82, 2.24) is 0 Å². The van der Waals surface area contributed by atoms with Crippen LogP contribution in [0, 0.1) is 10.1 Å². The molecule has 25 heavy (non-hydrogen) atoms. The molecule has 0 fully saturated rings. The van der Waals surface area contributed by atoms with Crippen LogP contribution in [0.25, 0.3) is 0 Å². The molecule has 2 aromatic carbocycles. The maximum absolute atomic E-state index is 11.8. The van der Waals surface area contributed by atoms with Gasteiger partial charge in [0, 0.05) is 12.6 Å². The predicted molar refractivity (Wildman–Crippen MR) is 89.6 cm³/mol. The molecule has 0 amide bonds. The number of nitro benzene ring substituents is 1. The standard InChI is InChI=1S/C17H16N2O6/c1-24-17(21)12-6-8-13(9-7-12)25-16(20)10-11-18-14-4-2-3-5-15(14)19(22)23/h2-9,18H,10-11H2,1H3. The molecule has 0 atom stereocenters. The number of hydrogen-bond acceptors (Lipinski definition) is 7. The van der Waals surface area contributed by atoms with Crippen molar-refractivity contribution in [2.75, 3.05) is 19.0 Å². The second-order valence-corrected chi connectivity index (χ2v) is 4.94. The van der Waals surface area contributed by atoms with Gasteiger partial charge in [-0.2, -0.15) is 0 Å². The summed E-state index contributed by atoms with van der Waals surface area (Å²) in [6, 6.07) is 12.1. The van der Waals surface area contributed by atoms with Gasteiger partial charge in [-0.15, -0.1) is 0 Å². The number of carbonyl (C=O) groups is 2. The molecule has 0 heterocycles. The minimum Gasteiger partial charge on any atom is -0.465 e. The van der Waals surface area contributed by atoms with Crippen molar-refractivity contribution < 1.29 is 24.0 Å². The Morgan fingerprint density at radius 3 is 2.44 bits per heavy atom. The first-order valence-corrected chi connectivity index (χ1v) is 7.37. The summed E-state index contributed by atoms with van der Waals surface area (Å²) in [6.07, 6.45) is 0.0187. The van der Waals surface area contributed by atoms with E-state index in [1.807, 2.05) is 0 Å². The number of esters is 2.